The van der Waals surface area contributed by atoms with Gasteiger partial charge in [-0.15, -0.1) is 11.3 Å². The minimum absolute atomic E-state index is 0.582. The molecular weight excluding hydrogens is 386 g/mol. The van der Waals surface area contributed by atoms with E-state index in [0.717, 1.165) is 36.4 Å². The number of fused-ring (bicyclic) bond motifs is 3. The van der Waals surface area contributed by atoms with Crippen LogP contribution in [0.4, 0.5) is 0 Å². The molecule has 0 saturated carbocycles. The van der Waals surface area contributed by atoms with Gasteiger partial charge < -0.3 is 10.6 Å². The molecular formula is C21H31N5S2. The number of hydrogen-bond acceptors (Lipinski definition) is 4. The first-order valence-corrected chi connectivity index (χ1v) is 11.6. The predicted molar refractivity (Wildman–Crippen MR) is 121 cm³/mol. The molecule has 2 aromatic rings. The van der Waals surface area contributed by atoms with Crippen LogP contribution in [0.3, 0.4) is 0 Å². The zero-order chi connectivity index (χ0) is 19.7. The monoisotopic (exact) mass is 417 g/mol. The molecule has 3 fully saturated rings. The van der Waals surface area contributed by atoms with Crippen LogP contribution in [0.25, 0.3) is 10.6 Å². The fourth-order valence-corrected chi connectivity index (χ4v) is 5.48. The summed E-state index contributed by atoms with van der Waals surface area (Å²) in [6, 6.07) is 7.15. The number of nitrogens with one attached hydrogen (secondary N) is 2. The Morgan fingerprint density at radius 2 is 2.25 bits per heavy atom. The van der Waals surface area contributed by atoms with E-state index in [2.05, 4.69) is 64.7 Å². The average Bonchev–Trinajstić information content (AvgIpc) is 3.34. The maximum absolute atomic E-state index is 5.43. The van der Waals surface area contributed by atoms with Gasteiger partial charge in [-0.05, 0) is 61.0 Å². The van der Waals surface area contributed by atoms with E-state index in [1.165, 1.54) is 30.0 Å². The number of thiocarbonyl (C=S) groups is 1. The summed E-state index contributed by atoms with van der Waals surface area (Å²) in [5.74, 6) is 1.93. The number of hydrogen-bond donors (Lipinski definition) is 2. The van der Waals surface area contributed by atoms with Crippen molar-refractivity contribution in [2.45, 2.75) is 38.6 Å². The average molecular weight is 418 g/mol. The van der Waals surface area contributed by atoms with Crippen molar-refractivity contribution in [1.82, 2.24) is 25.3 Å². The van der Waals surface area contributed by atoms with E-state index in [1.807, 2.05) is 0 Å². The minimum atomic E-state index is 0.582. The smallest absolute Gasteiger partial charge is 0.166 e. The highest BCUT2D eigenvalue weighted by molar-refractivity contribution is 7.80. The molecule has 2 bridgehead atoms. The molecule has 5 rings (SSSR count). The van der Waals surface area contributed by atoms with Gasteiger partial charge in [0.25, 0.3) is 0 Å². The molecule has 0 aromatic carbocycles. The molecule has 152 valence electrons. The lowest BCUT2D eigenvalue weighted by atomic mass is 9.74. The molecule has 4 atom stereocenters. The van der Waals surface area contributed by atoms with Crippen LogP contribution in [0.1, 0.15) is 38.3 Å². The molecule has 0 radical (unpaired) electrons. The summed E-state index contributed by atoms with van der Waals surface area (Å²) >= 11 is 7.20. The summed E-state index contributed by atoms with van der Waals surface area (Å²) in [5, 5.41) is 14.5. The summed E-state index contributed by atoms with van der Waals surface area (Å²) in [6.07, 6.45) is 2.53. The van der Waals surface area contributed by atoms with E-state index in [0.29, 0.717) is 17.9 Å². The van der Waals surface area contributed by atoms with Crippen molar-refractivity contribution in [3.63, 3.8) is 0 Å². The third-order valence-electron chi connectivity index (χ3n) is 6.12. The molecule has 3 aliphatic heterocycles. The Hall–Kier alpha value is -1.44. The molecule has 28 heavy (non-hydrogen) atoms. The van der Waals surface area contributed by atoms with E-state index in [9.17, 15) is 0 Å². The highest BCUT2D eigenvalue weighted by Gasteiger charge is 2.41. The molecule has 1 unspecified atom stereocenters. The molecule has 5 heterocycles. The van der Waals surface area contributed by atoms with Gasteiger partial charge in [-0.3, -0.25) is 9.58 Å². The van der Waals surface area contributed by atoms with Crippen molar-refractivity contribution in [1.29, 1.82) is 0 Å². The van der Waals surface area contributed by atoms with Crippen molar-refractivity contribution in [3.8, 4) is 10.6 Å². The highest BCUT2D eigenvalue weighted by atomic mass is 32.1. The van der Waals surface area contributed by atoms with E-state index in [-0.39, 0.29) is 0 Å². The number of aromatic nitrogens is 2. The lowest BCUT2D eigenvalue weighted by Gasteiger charge is -2.50. The molecule has 5 nitrogen and oxygen atoms in total. The summed E-state index contributed by atoms with van der Waals surface area (Å²) in [5.41, 5.74) is 2.50. The van der Waals surface area contributed by atoms with Crippen LogP contribution in [-0.2, 0) is 7.05 Å². The van der Waals surface area contributed by atoms with Gasteiger partial charge in [-0.1, -0.05) is 19.9 Å². The first-order chi connectivity index (χ1) is 13.5. The Labute approximate surface area is 177 Å². The SMILES string of the molecule is CC(C)CNC(=S)NC[C@H]1C[C@@H]2CCN1C[C@@H]2c1cc(-c2cccs2)nn1C. The van der Waals surface area contributed by atoms with Crippen molar-refractivity contribution in [2.24, 2.45) is 18.9 Å². The topological polar surface area (TPSA) is 45.1 Å². The second kappa shape index (κ2) is 8.51. The third-order valence-corrected chi connectivity index (χ3v) is 7.30. The van der Waals surface area contributed by atoms with Crippen LogP contribution in [0.2, 0.25) is 0 Å². The normalized spacial score (nSPS) is 26.6. The van der Waals surface area contributed by atoms with E-state index in [4.69, 9.17) is 17.3 Å². The van der Waals surface area contributed by atoms with Crippen LogP contribution in [-0.4, -0.2) is 52.0 Å². The molecule has 3 saturated heterocycles. The number of rotatable bonds is 6. The minimum Gasteiger partial charge on any atom is -0.362 e. The van der Waals surface area contributed by atoms with Crippen LogP contribution < -0.4 is 10.6 Å². The maximum atomic E-state index is 5.43. The largest absolute Gasteiger partial charge is 0.362 e. The standard InChI is InChI=1S/C21H31N5S2/c1-14(2)11-22-21(27)23-12-16-9-15-6-7-26(16)13-17(15)19-10-18(24-25(19)3)20-5-4-8-28-20/h4-5,8,10,14-17H,6-7,9,11-13H2,1-3H3,(H2,22,23,27)/t15-,16+,17-/m0/s1. The van der Waals surface area contributed by atoms with Crippen molar-refractivity contribution < 1.29 is 0 Å². The first kappa shape index (κ1) is 19.9. The van der Waals surface area contributed by atoms with E-state index >= 15 is 0 Å². The Bertz CT molecular complexity index is 798. The van der Waals surface area contributed by atoms with Gasteiger partial charge >= 0.3 is 0 Å². The summed E-state index contributed by atoms with van der Waals surface area (Å²) in [4.78, 5) is 3.91. The second-order valence-electron chi connectivity index (χ2n) is 8.58. The Morgan fingerprint density at radius 3 is 2.93 bits per heavy atom. The zero-order valence-corrected chi connectivity index (χ0v) is 18.7. The zero-order valence-electron chi connectivity index (χ0n) is 17.0. The van der Waals surface area contributed by atoms with Gasteiger partial charge in [-0.25, -0.2) is 0 Å². The molecule has 0 aliphatic carbocycles. The van der Waals surface area contributed by atoms with Gasteiger partial charge in [0, 0.05) is 44.3 Å². The van der Waals surface area contributed by atoms with Crippen LogP contribution >= 0.6 is 23.6 Å². The molecule has 3 aliphatic rings. The Kier molecular flexibility index (Phi) is 6.04. The maximum Gasteiger partial charge on any atom is 0.166 e. The fourth-order valence-electron chi connectivity index (χ4n) is 4.63. The summed E-state index contributed by atoms with van der Waals surface area (Å²) in [6.45, 7) is 8.60. The Balaban J connectivity index is 1.37. The van der Waals surface area contributed by atoms with Gasteiger partial charge in [0.2, 0.25) is 0 Å². The number of aryl methyl sites for hydroxylation is 1. The number of nitrogens with zero attached hydrogens (tertiary/aromatic N) is 3. The fraction of sp³-hybridized carbons (Fsp3) is 0.619. The van der Waals surface area contributed by atoms with Gasteiger partial charge in [0.15, 0.2) is 5.11 Å². The van der Waals surface area contributed by atoms with Crippen LogP contribution in [0.5, 0.6) is 0 Å². The van der Waals surface area contributed by atoms with Crippen LogP contribution in [0, 0.1) is 11.8 Å². The van der Waals surface area contributed by atoms with Gasteiger partial charge in [-0.2, -0.15) is 5.10 Å². The summed E-state index contributed by atoms with van der Waals surface area (Å²) in [7, 11) is 2.10. The van der Waals surface area contributed by atoms with Crippen molar-refractivity contribution in [3.05, 3.63) is 29.3 Å². The first-order valence-electron chi connectivity index (χ1n) is 10.3. The number of thiophene rings is 1. The van der Waals surface area contributed by atoms with Crippen molar-refractivity contribution >= 4 is 28.7 Å². The van der Waals surface area contributed by atoms with Gasteiger partial charge in [0.05, 0.1) is 4.88 Å². The summed E-state index contributed by atoms with van der Waals surface area (Å²) < 4.78 is 2.11. The highest BCUT2D eigenvalue weighted by Crippen LogP contribution is 2.42. The van der Waals surface area contributed by atoms with Crippen molar-refractivity contribution in [2.75, 3.05) is 26.2 Å². The van der Waals surface area contributed by atoms with E-state index < -0.39 is 0 Å². The molecule has 0 amide bonds. The van der Waals surface area contributed by atoms with Gasteiger partial charge in [0.1, 0.15) is 5.69 Å². The molecule has 0 spiro atoms. The van der Waals surface area contributed by atoms with E-state index in [1.54, 1.807) is 11.3 Å². The van der Waals surface area contributed by atoms with Crippen LogP contribution in [0.15, 0.2) is 23.6 Å². The lowest BCUT2D eigenvalue weighted by molar-refractivity contribution is 0.0303. The molecule has 2 aromatic heterocycles. The second-order valence-corrected chi connectivity index (χ2v) is 9.94. The third kappa shape index (κ3) is 4.26. The Morgan fingerprint density at radius 1 is 1.39 bits per heavy atom. The quantitative estimate of drug-likeness (QED) is 0.705. The number of piperidine rings is 3. The molecule has 7 heteroatoms. The molecule has 2 N–H and O–H groups in total. The lowest BCUT2D eigenvalue weighted by Crippen LogP contribution is -2.56. The predicted octanol–water partition coefficient (Wildman–Crippen LogP) is 3.45.